The Labute approximate surface area is 86.8 Å². The molecule has 1 heterocycles. The zero-order valence-electron chi connectivity index (χ0n) is 8.00. The van der Waals surface area contributed by atoms with E-state index in [0.29, 0.717) is 12.1 Å². The van der Waals surface area contributed by atoms with Crippen molar-refractivity contribution >= 4 is 5.97 Å². The van der Waals surface area contributed by atoms with Gasteiger partial charge in [-0.05, 0) is 11.6 Å². The number of carboxylic acids is 1. The van der Waals surface area contributed by atoms with Gasteiger partial charge in [0.1, 0.15) is 0 Å². The molecule has 2 aromatic rings. The van der Waals surface area contributed by atoms with Gasteiger partial charge in [-0.2, -0.15) is 0 Å². The fraction of sp³-hybridized carbons (Fsp3) is 0.0909. The lowest BCUT2D eigenvalue weighted by molar-refractivity contribution is 0.0695. The van der Waals surface area contributed by atoms with E-state index >= 15 is 0 Å². The first kappa shape index (κ1) is 9.45. The molecule has 0 atom stereocenters. The van der Waals surface area contributed by atoms with Crippen molar-refractivity contribution in [2.24, 2.45) is 0 Å². The summed E-state index contributed by atoms with van der Waals surface area (Å²) in [5, 5.41) is 8.97. The standard InChI is InChI=1S/C11H10N2O2/c14-11(15)10-4-2-1-3-9(10)7-13-6-5-12-8-13/h1-6,8H,7H2,(H,14,15). The largest absolute Gasteiger partial charge is 0.478 e. The van der Waals surface area contributed by atoms with Crippen molar-refractivity contribution in [3.05, 3.63) is 54.1 Å². The quantitative estimate of drug-likeness (QED) is 0.822. The molecule has 0 amide bonds. The third-order valence-electron chi connectivity index (χ3n) is 2.16. The van der Waals surface area contributed by atoms with Crippen molar-refractivity contribution in [1.82, 2.24) is 9.55 Å². The van der Waals surface area contributed by atoms with Crippen LogP contribution in [-0.4, -0.2) is 20.6 Å². The van der Waals surface area contributed by atoms with E-state index in [1.807, 2.05) is 16.7 Å². The number of hydrogen-bond acceptors (Lipinski definition) is 2. The van der Waals surface area contributed by atoms with Gasteiger partial charge < -0.3 is 9.67 Å². The van der Waals surface area contributed by atoms with Gasteiger partial charge in [-0.15, -0.1) is 0 Å². The number of aromatic carboxylic acids is 1. The minimum Gasteiger partial charge on any atom is -0.478 e. The third-order valence-corrected chi connectivity index (χ3v) is 2.16. The SMILES string of the molecule is O=C(O)c1ccccc1Cn1ccnc1. The van der Waals surface area contributed by atoms with Crippen LogP contribution in [0.1, 0.15) is 15.9 Å². The van der Waals surface area contributed by atoms with E-state index in [-0.39, 0.29) is 0 Å². The van der Waals surface area contributed by atoms with E-state index in [0.717, 1.165) is 5.56 Å². The summed E-state index contributed by atoms with van der Waals surface area (Å²) in [6.45, 7) is 0.530. The van der Waals surface area contributed by atoms with E-state index in [1.54, 1.807) is 30.9 Å². The molecule has 0 aliphatic rings. The van der Waals surface area contributed by atoms with Crippen LogP contribution < -0.4 is 0 Å². The lowest BCUT2D eigenvalue weighted by Gasteiger charge is -2.05. The molecule has 1 N–H and O–H groups in total. The minimum absolute atomic E-state index is 0.339. The highest BCUT2D eigenvalue weighted by Gasteiger charge is 2.08. The average Bonchev–Trinajstić information content (AvgIpc) is 2.71. The van der Waals surface area contributed by atoms with Crippen molar-refractivity contribution < 1.29 is 9.90 Å². The molecule has 0 fully saturated rings. The van der Waals surface area contributed by atoms with Crippen LogP contribution in [0.15, 0.2) is 43.0 Å². The Morgan fingerprint density at radius 3 is 2.87 bits per heavy atom. The van der Waals surface area contributed by atoms with E-state index in [9.17, 15) is 4.79 Å². The number of imidazole rings is 1. The zero-order chi connectivity index (χ0) is 10.7. The second-order valence-electron chi connectivity index (χ2n) is 3.20. The molecule has 0 unspecified atom stereocenters. The molecule has 0 saturated heterocycles. The molecule has 15 heavy (non-hydrogen) atoms. The maximum atomic E-state index is 10.9. The summed E-state index contributed by atoms with van der Waals surface area (Å²) in [5.41, 5.74) is 1.12. The number of aromatic nitrogens is 2. The first-order valence-corrected chi connectivity index (χ1v) is 4.54. The molecule has 0 radical (unpaired) electrons. The lowest BCUT2D eigenvalue weighted by atomic mass is 10.1. The fourth-order valence-electron chi connectivity index (χ4n) is 1.44. The molecule has 0 spiro atoms. The Kier molecular flexibility index (Phi) is 2.49. The van der Waals surface area contributed by atoms with Crippen molar-refractivity contribution in [1.29, 1.82) is 0 Å². The minimum atomic E-state index is -0.897. The Morgan fingerprint density at radius 1 is 1.40 bits per heavy atom. The van der Waals surface area contributed by atoms with Gasteiger partial charge in [-0.25, -0.2) is 9.78 Å². The van der Waals surface area contributed by atoms with Crippen LogP contribution in [0, 0.1) is 0 Å². The smallest absolute Gasteiger partial charge is 0.336 e. The maximum absolute atomic E-state index is 10.9. The van der Waals surface area contributed by atoms with Crippen molar-refractivity contribution in [3.8, 4) is 0 Å². The van der Waals surface area contributed by atoms with Gasteiger partial charge in [0.25, 0.3) is 0 Å². The molecule has 0 aliphatic heterocycles. The zero-order valence-corrected chi connectivity index (χ0v) is 8.00. The van der Waals surface area contributed by atoms with Crippen LogP contribution in [0.4, 0.5) is 0 Å². The van der Waals surface area contributed by atoms with Gasteiger partial charge in [-0.1, -0.05) is 18.2 Å². The molecule has 2 rings (SSSR count). The van der Waals surface area contributed by atoms with E-state index in [1.165, 1.54) is 0 Å². The van der Waals surface area contributed by atoms with Gasteiger partial charge in [-0.3, -0.25) is 0 Å². The lowest BCUT2D eigenvalue weighted by Crippen LogP contribution is -2.05. The first-order valence-electron chi connectivity index (χ1n) is 4.54. The van der Waals surface area contributed by atoms with Crippen molar-refractivity contribution in [3.63, 3.8) is 0 Å². The monoisotopic (exact) mass is 202 g/mol. The highest BCUT2D eigenvalue weighted by molar-refractivity contribution is 5.89. The predicted molar refractivity (Wildman–Crippen MR) is 54.7 cm³/mol. The van der Waals surface area contributed by atoms with Gasteiger partial charge in [0.15, 0.2) is 0 Å². The highest BCUT2D eigenvalue weighted by Crippen LogP contribution is 2.10. The number of carbonyl (C=O) groups is 1. The molecule has 76 valence electrons. The molecular weight excluding hydrogens is 192 g/mol. The van der Waals surface area contributed by atoms with Crippen LogP contribution in [0.3, 0.4) is 0 Å². The molecule has 0 saturated carbocycles. The van der Waals surface area contributed by atoms with Gasteiger partial charge in [0, 0.05) is 18.9 Å². The summed E-state index contributed by atoms with van der Waals surface area (Å²) in [4.78, 5) is 14.8. The Bertz CT molecular complexity index is 463. The average molecular weight is 202 g/mol. The number of benzene rings is 1. The summed E-state index contributed by atoms with van der Waals surface area (Å²) in [6, 6.07) is 6.97. The molecular formula is C11H10N2O2. The van der Waals surface area contributed by atoms with Crippen LogP contribution >= 0.6 is 0 Å². The summed E-state index contributed by atoms with van der Waals surface area (Å²) in [7, 11) is 0. The second kappa shape index (κ2) is 3.96. The second-order valence-corrected chi connectivity index (χ2v) is 3.20. The molecule has 1 aromatic carbocycles. The summed E-state index contributed by atoms with van der Waals surface area (Å²) in [6.07, 6.45) is 5.14. The summed E-state index contributed by atoms with van der Waals surface area (Å²) in [5.74, 6) is -0.897. The van der Waals surface area contributed by atoms with Gasteiger partial charge in [0.05, 0.1) is 11.9 Å². The molecule has 1 aromatic heterocycles. The normalized spacial score (nSPS) is 10.1. The maximum Gasteiger partial charge on any atom is 0.336 e. The fourth-order valence-corrected chi connectivity index (χ4v) is 1.44. The van der Waals surface area contributed by atoms with Gasteiger partial charge >= 0.3 is 5.97 Å². The van der Waals surface area contributed by atoms with Crippen LogP contribution in [0.5, 0.6) is 0 Å². The highest BCUT2D eigenvalue weighted by atomic mass is 16.4. The number of rotatable bonds is 3. The topological polar surface area (TPSA) is 55.1 Å². The summed E-state index contributed by atoms with van der Waals surface area (Å²) >= 11 is 0. The van der Waals surface area contributed by atoms with Crippen molar-refractivity contribution in [2.45, 2.75) is 6.54 Å². The van der Waals surface area contributed by atoms with Crippen LogP contribution in [-0.2, 0) is 6.54 Å². The number of nitrogens with zero attached hydrogens (tertiary/aromatic N) is 2. The Hall–Kier alpha value is -2.10. The van der Waals surface area contributed by atoms with Crippen LogP contribution in [0.2, 0.25) is 0 Å². The third kappa shape index (κ3) is 2.04. The molecule has 0 aliphatic carbocycles. The number of carboxylic acid groups (broad SMARTS) is 1. The Morgan fingerprint density at radius 2 is 2.20 bits per heavy atom. The first-order chi connectivity index (χ1) is 7.27. The predicted octanol–water partition coefficient (Wildman–Crippen LogP) is 1.63. The number of hydrogen-bond donors (Lipinski definition) is 1. The van der Waals surface area contributed by atoms with E-state index in [2.05, 4.69) is 4.98 Å². The van der Waals surface area contributed by atoms with Crippen LogP contribution in [0.25, 0.3) is 0 Å². The van der Waals surface area contributed by atoms with Crippen molar-refractivity contribution in [2.75, 3.05) is 0 Å². The van der Waals surface area contributed by atoms with E-state index in [4.69, 9.17) is 5.11 Å². The summed E-state index contributed by atoms with van der Waals surface area (Å²) < 4.78 is 1.84. The molecule has 4 heteroatoms. The molecule has 4 nitrogen and oxygen atoms in total. The Balaban J connectivity index is 2.32. The van der Waals surface area contributed by atoms with Gasteiger partial charge in [0.2, 0.25) is 0 Å². The van der Waals surface area contributed by atoms with E-state index < -0.39 is 5.97 Å². The molecule has 0 bridgehead atoms.